The third-order valence-corrected chi connectivity index (χ3v) is 3.69. The second-order valence-corrected chi connectivity index (χ2v) is 5.31. The molecule has 2 aromatic rings. The number of hydrogen-bond donors (Lipinski definition) is 1. The van der Waals surface area contributed by atoms with Crippen LogP contribution in [0.15, 0.2) is 24.5 Å². The van der Waals surface area contributed by atoms with Gasteiger partial charge in [0.25, 0.3) is 0 Å². The van der Waals surface area contributed by atoms with Crippen molar-refractivity contribution in [3.05, 3.63) is 39.3 Å². The highest BCUT2D eigenvalue weighted by Crippen LogP contribution is 2.28. The van der Waals surface area contributed by atoms with Gasteiger partial charge in [-0.15, -0.1) is 11.3 Å². The van der Waals surface area contributed by atoms with Crippen LogP contribution in [0.2, 0.25) is 4.34 Å². The van der Waals surface area contributed by atoms with E-state index in [0.717, 1.165) is 17.0 Å². The Morgan fingerprint density at radius 1 is 1.56 bits per heavy atom. The van der Waals surface area contributed by atoms with Gasteiger partial charge in [-0.25, -0.2) is 0 Å². The molecule has 3 nitrogen and oxygen atoms in total. The van der Waals surface area contributed by atoms with Crippen molar-refractivity contribution in [2.24, 2.45) is 0 Å². The molecule has 1 N–H and O–H groups in total. The first kappa shape index (κ1) is 11.6. The molecule has 2 aromatic heterocycles. The number of halogens is 1. The molecule has 2 rings (SSSR count). The molecule has 0 aromatic carbocycles. The van der Waals surface area contributed by atoms with Crippen LogP contribution < -0.4 is 0 Å². The number of aryl methyl sites for hydroxylation is 1. The van der Waals surface area contributed by atoms with Gasteiger partial charge >= 0.3 is 0 Å². The summed E-state index contributed by atoms with van der Waals surface area (Å²) in [6, 6.07) is 3.67. The van der Waals surface area contributed by atoms with E-state index in [9.17, 15) is 5.11 Å². The van der Waals surface area contributed by atoms with E-state index in [2.05, 4.69) is 5.10 Å². The number of aliphatic hydroxyl groups is 1. The predicted molar refractivity (Wildman–Crippen MR) is 65.9 cm³/mol. The smallest absolute Gasteiger partial charge is 0.0932 e. The molecule has 0 amide bonds. The van der Waals surface area contributed by atoms with E-state index in [1.54, 1.807) is 12.3 Å². The lowest BCUT2D eigenvalue weighted by Gasteiger charge is -2.05. The highest BCUT2D eigenvalue weighted by atomic mass is 35.5. The van der Waals surface area contributed by atoms with Gasteiger partial charge in [-0.3, -0.25) is 4.68 Å². The number of aliphatic hydroxyl groups excluding tert-OH is 1. The van der Waals surface area contributed by atoms with Gasteiger partial charge in [-0.05, 0) is 24.6 Å². The zero-order valence-corrected chi connectivity index (χ0v) is 10.5. The Bertz CT molecular complexity index is 466. The third-order valence-electron chi connectivity index (χ3n) is 2.36. The fraction of sp³-hybridized carbons (Fsp3) is 0.364. The first-order valence-electron chi connectivity index (χ1n) is 5.13. The van der Waals surface area contributed by atoms with E-state index in [4.69, 9.17) is 11.6 Å². The van der Waals surface area contributed by atoms with Crippen LogP contribution in [0.25, 0.3) is 0 Å². The molecule has 0 bridgehead atoms. The molecule has 86 valence electrons. The monoisotopic (exact) mass is 256 g/mol. The van der Waals surface area contributed by atoms with Crippen LogP contribution in [0.4, 0.5) is 0 Å². The van der Waals surface area contributed by atoms with Crippen molar-refractivity contribution in [3.8, 4) is 0 Å². The summed E-state index contributed by atoms with van der Waals surface area (Å²) in [6.45, 7) is 2.88. The first-order valence-corrected chi connectivity index (χ1v) is 6.33. The fourth-order valence-corrected chi connectivity index (χ4v) is 2.56. The largest absolute Gasteiger partial charge is 0.387 e. The van der Waals surface area contributed by atoms with Crippen LogP contribution in [0, 0.1) is 0 Å². The van der Waals surface area contributed by atoms with Gasteiger partial charge in [0, 0.05) is 24.0 Å². The number of thiophene rings is 1. The van der Waals surface area contributed by atoms with Crippen molar-refractivity contribution in [2.75, 3.05) is 0 Å². The lowest BCUT2D eigenvalue weighted by Crippen LogP contribution is -1.98. The van der Waals surface area contributed by atoms with Gasteiger partial charge in [-0.2, -0.15) is 5.10 Å². The fourth-order valence-electron chi connectivity index (χ4n) is 1.52. The highest BCUT2D eigenvalue weighted by molar-refractivity contribution is 7.16. The molecule has 0 aliphatic carbocycles. The van der Waals surface area contributed by atoms with E-state index in [1.807, 2.05) is 23.9 Å². The van der Waals surface area contributed by atoms with Gasteiger partial charge in [0.05, 0.1) is 16.6 Å². The van der Waals surface area contributed by atoms with E-state index in [1.165, 1.54) is 11.3 Å². The number of hydrogen-bond acceptors (Lipinski definition) is 3. The molecule has 1 atom stereocenters. The summed E-state index contributed by atoms with van der Waals surface area (Å²) in [6.07, 6.45) is 3.84. The molecule has 0 saturated heterocycles. The average molecular weight is 257 g/mol. The maximum absolute atomic E-state index is 9.98. The maximum atomic E-state index is 9.98. The Morgan fingerprint density at radius 3 is 2.94 bits per heavy atom. The number of rotatable bonds is 4. The predicted octanol–water partition coefficient (Wildman–Crippen LogP) is 2.89. The SMILES string of the molecule is CCn1cc(CC(O)c2ccc(Cl)s2)cn1. The Labute approximate surface area is 103 Å². The van der Waals surface area contributed by atoms with E-state index < -0.39 is 6.10 Å². The number of aromatic nitrogens is 2. The minimum Gasteiger partial charge on any atom is -0.387 e. The molecule has 5 heteroatoms. The minimum absolute atomic E-state index is 0.494. The van der Waals surface area contributed by atoms with Gasteiger partial charge in [0.1, 0.15) is 0 Å². The van der Waals surface area contributed by atoms with Crippen molar-refractivity contribution < 1.29 is 5.11 Å². The molecule has 0 spiro atoms. The second kappa shape index (κ2) is 4.99. The first-order chi connectivity index (χ1) is 7.69. The normalized spacial score (nSPS) is 12.9. The zero-order chi connectivity index (χ0) is 11.5. The lowest BCUT2D eigenvalue weighted by atomic mass is 10.1. The second-order valence-electron chi connectivity index (χ2n) is 3.57. The summed E-state index contributed by atoms with van der Waals surface area (Å²) in [7, 11) is 0. The highest BCUT2D eigenvalue weighted by Gasteiger charge is 2.12. The molecule has 0 aliphatic heterocycles. The van der Waals surface area contributed by atoms with Gasteiger partial charge < -0.3 is 5.11 Å². The standard InChI is InChI=1S/C11H13ClN2OS/c1-2-14-7-8(6-13-14)5-9(15)10-3-4-11(12)16-10/h3-4,6-7,9,15H,2,5H2,1H3. The van der Waals surface area contributed by atoms with Crippen LogP contribution in [0.1, 0.15) is 23.5 Å². The van der Waals surface area contributed by atoms with Crippen LogP contribution in [0.5, 0.6) is 0 Å². The Morgan fingerprint density at radius 2 is 2.38 bits per heavy atom. The quantitative estimate of drug-likeness (QED) is 0.914. The zero-order valence-electron chi connectivity index (χ0n) is 8.93. The van der Waals surface area contributed by atoms with E-state index in [-0.39, 0.29) is 0 Å². The maximum Gasteiger partial charge on any atom is 0.0932 e. The summed E-state index contributed by atoms with van der Waals surface area (Å²) in [5.41, 5.74) is 1.04. The summed E-state index contributed by atoms with van der Waals surface area (Å²) >= 11 is 7.24. The molecule has 0 saturated carbocycles. The van der Waals surface area contributed by atoms with E-state index in [0.29, 0.717) is 10.8 Å². The summed E-state index contributed by atoms with van der Waals surface area (Å²) < 4.78 is 2.56. The molecule has 2 heterocycles. The van der Waals surface area contributed by atoms with Crippen molar-refractivity contribution in [1.82, 2.24) is 9.78 Å². The molecule has 0 aliphatic rings. The van der Waals surface area contributed by atoms with Crippen LogP contribution in [-0.2, 0) is 13.0 Å². The molecule has 0 fully saturated rings. The van der Waals surface area contributed by atoms with Gasteiger partial charge in [0.2, 0.25) is 0 Å². The average Bonchev–Trinajstić information content (AvgIpc) is 2.87. The summed E-state index contributed by atoms with van der Waals surface area (Å²) in [5, 5.41) is 14.2. The van der Waals surface area contributed by atoms with Crippen LogP contribution in [-0.4, -0.2) is 14.9 Å². The lowest BCUT2D eigenvalue weighted by molar-refractivity contribution is 0.182. The van der Waals surface area contributed by atoms with Crippen LogP contribution in [0.3, 0.4) is 0 Å². The Hall–Kier alpha value is -0.840. The van der Waals surface area contributed by atoms with Gasteiger partial charge in [-0.1, -0.05) is 11.6 Å². The molecule has 1 unspecified atom stereocenters. The third kappa shape index (κ3) is 2.64. The Kier molecular flexibility index (Phi) is 3.63. The summed E-state index contributed by atoms with van der Waals surface area (Å²) in [4.78, 5) is 0.897. The summed E-state index contributed by atoms with van der Waals surface area (Å²) in [5.74, 6) is 0. The number of nitrogens with zero attached hydrogens (tertiary/aromatic N) is 2. The van der Waals surface area contributed by atoms with Crippen molar-refractivity contribution in [3.63, 3.8) is 0 Å². The van der Waals surface area contributed by atoms with Crippen molar-refractivity contribution >= 4 is 22.9 Å². The molecular formula is C11H13ClN2OS. The van der Waals surface area contributed by atoms with Crippen molar-refractivity contribution in [1.29, 1.82) is 0 Å². The van der Waals surface area contributed by atoms with E-state index >= 15 is 0 Å². The van der Waals surface area contributed by atoms with Crippen molar-refractivity contribution in [2.45, 2.75) is 26.0 Å². The van der Waals surface area contributed by atoms with Gasteiger partial charge in [0.15, 0.2) is 0 Å². The Balaban J connectivity index is 2.04. The topological polar surface area (TPSA) is 38.0 Å². The minimum atomic E-state index is -0.494. The molecular weight excluding hydrogens is 244 g/mol. The molecule has 0 radical (unpaired) electrons. The molecule has 16 heavy (non-hydrogen) atoms. The van der Waals surface area contributed by atoms with Crippen LogP contribution >= 0.6 is 22.9 Å².